The van der Waals surface area contributed by atoms with Gasteiger partial charge >= 0.3 is 0 Å². The van der Waals surface area contributed by atoms with E-state index in [-0.39, 0.29) is 5.25 Å². The van der Waals surface area contributed by atoms with Crippen LogP contribution >= 0.6 is 0 Å². The molecule has 0 rings (SSSR count). The van der Waals surface area contributed by atoms with Crippen molar-refractivity contribution in [2.75, 3.05) is 0 Å². The Morgan fingerprint density at radius 3 is 2.22 bits per heavy atom. The number of hydrogen-bond donors (Lipinski definition) is 1. The molecule has 0 amide bonds. The summed E-state index contributed by atoms with van der Waals surface area (Å²) in [5, 5.41) is -0.190. The third-order valence-corrected chi connectivity index (χ3v) is 2.37. The van der Waals surface area contributed by atoms with Crippen LogP contribution in [0, 0.1) is 6.92 Å². The van der Waals surface area contributed by atoms with Crippen LogP contribution in [0.15, 0.2) is 0 Å². The fraction of sp³-hybridized carbons (Fsp3) is 0.833. The summed E-state index contributed by atoms with van der Waals surface area (Å²) in [5.41, 5.74) is 0. The van der Waals surface area contributed by atoms with Gasteiger partial charge in [-0.15, -0.1) is 0 Å². The monoisotopic (exact) mass is 149 g/mol. The number of hydrogen-bond acceptors (Lipinski definition) is 2. The van der Waals surface area contributed by atoms with Gasteiger partial charge in [-0.3, -0.25) is 0 Å². The van der Waals surface area contributed by atoms with Crippen molar-refractivity contribution in [1.82, 2.24) is 0 Å². The van der Waals surface area contributed by atoms with Crippen LogP contribution in [-0.4, -0.2) is 13.7 Å². The summed E-state index contributed by atoms with van der Waals surface area (Å²) in [6.07, 6.45) is 2.18. The molecule has 2 nitrogen and oxygen atoms in total. The quantitative estimate of drug-likeness (QED) is 0.605. The smallest absolute Gasteiger partial charge is 0.143 e. The van der Waals surface area contributed by atoms with Crippen LogP contribution in [0.3, 0.4) is 0 Å². The Labute approximate surface area is 58.2 Å². The normalized spacial score (nSPS) is 14.1. The molecule has 0 spiro atoms. The van der Waals surface area contributed by atoms with Crippen molar-refractivity contribution >= 4 is 10.7 Å². The standard InChI is InChI=1S/C6H13O2S/c1-3-5-6(4-2)9(7)8/h6,9H,2-5H2,1H3. The first-order valence-electron chi connectivity index (χ1n) is 3.15. The average Bonchev–Trinajstić information content (AvgIpc) is 1.82. The molecule has 0 saturated carbocycles. The molecule has 0 bridgehead atoms. The van der Waals surface area contributed by atoms with E-state index < -0.39 is 10.7 Å². The summed E-state index contributed by atoms with van der Waals surface area (Å²) in [6.45, 7) is 5.52. The van der Waals surface area contributed by atoms with Crippen molar-refractivity contribution in [3.8, 4) is 0 Å². The van der Waals surface area contributed by atoms with E-state index in [1.54, 1.807) is 0 Å². The van der Waals surface area contributed by atoms with Gasteiger partial charge < -0.3 is 0 Å². The highest BCUT2D eigenvalue weighted by atomic mass is 32.2. The van der Waals surface area contributed by atoms with Gasteiger partial charge in [0.15, 0.2) is 0 Å². The summed E-state index contributed by atoms with van der Waals surface area (Å²) in [5.74, 6) is 0. The molecule has 9 heavy (non-hydrogen) atoms. The van der Waals surface area contributed by atoms with E-state index in [1.807, 2.05) is 6.92 Å². The summed E-state index contributed by atoms with van der Waals surface area (Å²) in [7, 11) is -2.23. The minimum Gasteiger partial charge on any atom is -0.232 e. The van der Waals surface area contributed by atoms with Crippen molar-refractivity contribution in [2.24, 2.45) is 0 Å². The zero-order chi connectivity index (χ0) is 7.28. The molecule has 0 aliphatic heterocycles. The molecule has 0 N–H and O–H groups in total. The van der Waals surface area contributed by atoms with Gasteiger partial charge in [0, 0.05) is 0 Å². The van der Waals surface area contributed by atoms with Gasteiger partial charge in [0.25, 0.3) is 0 Å². The Hall–Kier alpha value is -0.0500. The Balaban J connectivity index is 3.68. The van der Waals surface area contributed by atoms with Crippen molar-refractivity contribution in [3.05, 3.63) is 6.92 Å². The Morgan fingerprint density at radius 1 is 1.56 bits per heavy atom. The van der Waals surface area contributed by atoms with Crippen LogP contribution in [0.25, 0.3) is 0 Å². The second kappa shape index (κ2) is 4.79. The van der Waals surface area contributed by atoms with Gasteiger partial charge in [-0.1, -0.05) is 20.3 Å². The van der Waals surface area contributed by atoms with Gasteiger partial charge in [0.05, 0.1) is 5.25 Å². The lowest BCUT2D eigenvalue weighted by molar-refractivity contribution is 0.588. The molecule has 1 unspecified atom stereocenters. The predicted molar refractivity (Wildman–Crippen MR) is 39.0 cm³/mol. The lowest BCUT2D eigenvalue weighted by Crippen LogP contribution is -2.06. The second-order valence-corrected chi connectivity index (χ2v) is 3.32. The van der Waals surface area contributed by atoms with Crippen molar-refractivity contribution in [3.63, 3.8) is 0 Å². The molecule has 3 heteroatoms. The maximum Gasteiger partial charge on any atom is 0.143 e. The Morgan fingerprint density at radius 2 is 2.11 bits per heavy atom. The second-order valence-electron chi connectivity index (χ2n) is 2.02. The van der Waals surface area contributed by atoms with Gasteiger partial charge in [0.2, 0.25) is 0 Å². The molecular weight excluding hydrogens is 136 g/mol. The zero-order valence-corrected chi connectivity index (χ0v) is 6.56. The van der Waals surface area contributed by atoms with Crippen LogP contribution in [0.4, 0.5) is 0 Å². The summed E-state index contributed by atoms with van der Waals surface area (Å²) in [6, 6.07) is 0. The van der Waals surface area contributed by atoms with E-state index in [9.17, 15) is 8.42 Å². The fourth-order valence-electron chi connectivity index (χ4n) is 0.688. The van der Waals surface area contributed by atoms with Gasteiger partial charge in [-0.2, -0.15) is 0 Å². The predicted octanol–water partition coefficient (Wildman–Crippen LogP) is 0.991. The largest absolute Gasteiger partial charge is 0.232 e. The van der Waals surface area contributed by atoms with Gasteiger partial charge in [-0.25, -0.2) is 8.42 Å². The van der Waals surface area contributed by atoms with Crippen LogP contribution < -0.4 is 0 Å². The SMILES string of the molecule is [CH2]CC(CCC)[SH](=O)=O. The molecule has 1 atom stereocenters. The van der Waals surface area contributed by atoms with Crippen molar-refractivity contribution in [1.29, 1.82) is 0 Å². The van der Waals surface area contributed by atoms with Gasteiger partial charge in [-0.05, 0) is 12.8 Å². The third kappa shape index (κ3) is 3.51. The Bertz CT molecular complexity index is 121. The molecule has 0 aromatic rings. The first kappa shape index (κ1) is 8.95. The molecule has 55 valence electrons. The highest BCUT2D eigenvalue weighted by Crippen LogP contribution is 2.03. The highest BCUT2D eigenvalue weighted by Gasteiger charge is 2.05. The van der Waals surface area contributed by atoms with E-state index in [4.69, 9.17) is 0 Å². The van der Waals surface area contributed by atoms with Crippen LogP contribution in [0.1, 0.15) is 26.2 Å². The summed E-state index contributed by atoms with van der Waals surface area (Å²) in [4.78, 5) is 0. The molecule has 0 aromatic heterocycles. The Kier molecular flexibility index (Phi) is 4.77. The number of rotatable bonds is 4. The molecular formula is C6H13O2S. The average molecular weight is 149 g/mol. The molecule has 0 aliphatic rings. The maximum absolute atomic E-state index is 10.3. The maximum atomic E-state index is 10.3. The minimum atomic E-state index is -2.23. The van der Waals surface area contributed by atoms with E-state index in [1.165, 1.54) is 0 Å². The van der Waals surface area contributed by atoms with E-state index in [0.29, 0.717) is 6.42 Å². The van der Waals surface area contributed by atoms with E-state index in [0.717, 1.165) is 12.8 Å². The van der Waals surface area contributed by atoms with Crippen molar-refractivity contribution in [2.45, 2.75) is 31.4 Å². The topological polar surface area (TPSA) is 34.1 Å². The van der Waals surface area contributed by atoms with Crippen LogP contribution in [-0.2, 0) is 10.7 Å². The molecule has 0 aliphatic carbocycles. The minimum absolute atomic E-state index is 0.190. The summed E-state index contributed by atoms with van der Waals surface area (Å²) >= 11 is 0. The highest BCUT2D eigenvalue weighted by molar-refractivity contribution is 7.73. The first-order valence-corrected chi connectivity index (χ1v) is 4.39. The lowest BCUT2D eigenvalue weighted by Gasteiger charge is -2.02. The fourth-order valence-corrected chi connectivity index (χ4v) is 1.37. The lowest BCUT2D eigenvalue weighted by atomic mass is 10.2. The van der Waals surface area contributed by atoms with E-state index in [2.05, 4.69) is 6.92 Å². The summed E-state index contributed by atoms with van der Waals surface area (Å²) < 4.78 is 20.6. The van der Waals surface area contributed by atoms with Crippen LogP contribution in [0.5, 0.6) is 0 Å². The van der Waals surface area contributed by atoms with Crippen molar-refractivity contribution < 1.29 is 8.42 Å². The van der Waals surface area contributed by atoms with Crippen LogP contribution in [0.2, 0.25) is 0 Å². The molecule has 0 fully saturated rings. The molecule has 0 heterocycles. The third-order valence-electron chi connectivity index (χ3n) is 1.25. The molecule has 1 radical (unpaired) electrons. The first-order chi connectivity index (χ1) is 4.22. The molecule has 0 aromatic carbocycles. The van der Waals surface area contributed by atoms with E-state index >= 15 is 0 Å². The zero-order valence-electron chi connectivity index (χ0n) is 5.67. The molecule has 0 saturated heterocycles. The number of thiol groups is 1. The van der Waals surface area contributed by atoms with Gasteiger partial charge in [0.1, 0.15) is 10.7 Å².